The third-order valence-corrected chi connectivity index (χ3v) is 4.10. The minimum absolute atomic E-state index is 0.0778. The minimum Gasteiger partial charge on any atom is -0.391 e. The standard InChI is InChI=1S/C12H15NO.C8H16N2O2/c1-10(2)7-11-3-5-12(6-4-11)8-13-9-14;1-6(9-2)8(12)10-4-3-7(11)5-10/h3-7,9H,8H2,1-2H3,(H,13,14);6-7,9,11H,3-5H2,1-2H3. The summed E-state index contributed by atoms with van der Waals surface area (Å²) in [5.74, 6) is 0.0778. The molecule has 3 N–H and O–H groups in total. The van der Waals surface area contributed by atoms with Crippen LogP contribution >= 0.6 is 0 Å². The van der Waals surface area contributed by atoms with Crippen molar-refractivity contribution in [2.24, 2.45) is 0 Å². The van der Waals surface area contributed by atoms with E-state index in [9.17, 15) is 14.7 Å². The molecule has 6 heteroatoms. The topological polar surface area (TPSA) is 81.7 Å². The van der Waals surface area contributed by atoms with Crippen LogP contribution in [-0.2, 0) is 16.1 Å². The van der Waals surface area contributed by atoms with Crippen LogP contribution in [0.1, 0.15) is 38.3 Å². The molecule has 26 heavy (non-hydrogen) atoms. The second-order valence-electron chi connectivity index (χ2n) is 6.70. The molecule has 6 nitrogen and oxygen atoms in total. The van der Waals surface area contributed by atoms with Crippen molar-refractivity contribution >= 4 is 18.4 Å². The number of β-amino-alcohol motifs (C(OH)–C–C–N with tert-alkyl or cyclic N) is 1. The molecule has 2 rings (SSSR count). The fraction of sp³-hybridized carbons (Fsp3) is 0.500. The van der Waals surface area contributed by atoms with Crippen LogP contribution in [0.2, 0.25) is 0 Å². The molecule has 1 fully saturated rings. The van der Waals surface area contributed by atoms with Crippen LogP contribution in [0.5, 0.6) is 0 Å². The van der Waals surface area contributed by atoms with Gasteiger partial charge in [-0.2, -0.15) is 0 Å². The van der Waals surface area contributed by atoms with Crippen molar-refractivity contribution in [3.63, 3.8) is 0 Å². The SMILES string of the molecule is CC(C)=Cc1ccc(CNC=O)cc1.CNC(C)C(=O)N1CCC(O)C1. The van der Waals surface area contributed by atoms with E-state index in [2.05, 4.69) is 42.7 Å². The van der Waals surface area contributed by atoms with Crippen LogP contribution in [0.15, 0.2) is 29.8 Å². The zero-order valence-electron chi connectivity index (χ0n) is 16.2. The van der Waals surface area contributed by atoms with Crippen LogP contribution < -0.4 is 10.6 Å². The third-order valence-electron chi connectivity index (χ3n) is 4.10. The first-order chi connectivity index (χ1) is 12.4. The van der Waals surface area contributed by atoms with Gasteiger partial charge in [0.2, 0.25) is 12.3 Å². The Morgan fingerprint density at radius 3 is 2.46 bits per heavy atom. The Morgan fingerprint density at radius 2 is 2.00 bits per heavy atom. The van der Waals surface area contributed by atoms with Gasteiger partial charge >= 0.3 is 0 Å². The summed E-state index contributed by atoms with van der Waals surface area (Å²) >= 11 is 0. The Balaban J connectivity index is 0.000000263. The molecule has 144 valence electrons. The minimum atomic E-state index is -0.321. The summed E-state index contributed by atoms with van der Waals surface area (Å²) in [5, 5.41) is 14.7. The van der Waals surface area contributed by atoms with Gasteiger partial charge in [-0.15, -0.1) is 0 Å². The van der Waals surface area contributed by atoms with E-state index >= 15 is 0 Å². The van der Waals surface area contributed by atoms with Crippen LogP contribution in [0.25, 0.3) is 6.08 Å². The average Bonchev–Trinajstić information content (AvgIpc) is 3.06. The molecule has 2 amide bonds. The van der Waals surface area contributed by atoms with Crippen LogP contribution in [0.3, 0.4) is 0 Å². The maximum atomic E-state index is 11.5. The molecule has 0 radical (unpaired) electrons. The van der Waals surface area contributed by atoms with Crippen molar-refractivity contribution in [3.8, 4) is 0 Å². The summed E-state index contributed by atoms with van der Waals surface area (Å²) in [6.45, 7) is 7.74. The maximum Gasteiger partial charge on any atom is 0.239 e. The van der Waals surface area contributed by atoms with Crippen molar-refractivity contribution in [2.45, 2.75) is 45.9 Å². The summed E-state index contributed by atoms with van der Waals surface area (Å²) in [7, 11) is 1.76. The highest BCUT2D eigenvalue weighted by Gasteiger charge is 2.26. The summed E-state index contributed by atoms with van der Waals surface area (Å²) in [6, 6.07) is 8.00. The molecular weight excluding hydrogens is 330 g/mol. The summed E-state index contributed by atoms with van der Waals surface area (Å²) in [6.07, 6.45) is 3.22. The molecule has 0 aromatic heterocycles. The average molecular weight is 361 g/mol. The molecule has 1 aliphatic rings. The van der Waals surface area contributed by atoms with E-state index in [1.807, 2.05) is 19.1 Å². The smallest absolute Gasteiger partial charge is 0.239 e. The molecule has 1 saturated heterocycles. The molecule has 0 aliphatic carbocycles. The van der Waals surface area contributed by atoms with Gasteiger partial charge in [-0.3, -0.25) is 9.59 Å². The maximum absolute atomic E-state index is 11.5. The second-order valence-corrected chi connectivity index (χ2v) is 6.70. The number of nitrogens with one attached hydrogen (secondary N) is 2. The van der Waals surface area contributed by atoms with Crippen LogP contribution in [-0.4, -0.2) is 54.6 Å². The predicted octanol–water partition coefficient (Wildman–Crippen LogP) is 1.54. The third kappa shape index (κ3) is 7.80. The quantitative estimate of drug-likeness (QED) is 0.672. The molecule has 2 atom stereocenters. The second kappa shape index (κ2) is 11.4. The van der Waals surface area contributed by atoms with Gasteiger partial charge in [0.25, 0.3) is 0 Å². The molecule has 1 aliphatic heterocycles. The number of hydrogen-bond donors (Lipinski definition) is 3. The monoisotopic (exact) mass is 361 g/mol. The largest absolute Gasteiger partial charge is 0.391 e. The highest BCUT2D eigenvalue weighted by atomic mass is 16.3. The van der Waals surface area contributed by atoms with Gasteiger partial charge in [-0.25, -0.2) is 0 Å². The molecule has 0 saturated carbocycles. The van der Waals surface area contributed by atoms with Gasteiger partial charge in [0.1, 0.15) is 0 Å². The molecule has 1 aromatic carbocycles. The molecule has 2 unspecified atom stereocenters. The number of nitrogens with zero attached hydrogens (tertiary/aromatic N) is 1. The number of carbonyl (C=O) groups excluding carboxylic acids is 2. The lowest BCUT2D eigenvalue weighted by Crippen LogP contribution is -2.42. The summed E-state index contributed by atoms with van der Waals surface area (Å²) in [4.78, 5) is 23.2. The lowest BCUT2D eigenvalue weighted by atomic mass is 10.1. The lowest BCUT2D eigenvalue weighted by molar-refractivity contribution is -0.132. The van der Waals surface area contributed by atoms with Gasteiger partial charge in [-0.1, -0.05) is 35.9 Å². The number of carbonyl (C=O) groups is 2. The molecule has 0 bridgehead atoms. The van der Waals surface area contributed by atoms with E-state index in [-0.39, 0.29) is 18.1 Å². The predicted molar refractivity (Wildman–Crippen MR) is 104 cm³/mol. The number of likely N-dealkylation sites (tertiary alicyclic amines) is 1. The number of likely N-dealkylation sites (N-methyl/N-ethyl adjacent to an activating group) is 1. The van der Waals surface area contributed by atoms with E-state index in [4.69, 9.17) is 0 Å². The van der Waals surface area contributed by atoms with Crippen molar-refractivity contribution < 1.29 is 14.7 Å². The molecule has 1 aromatic rings. The number of rotatable bonds is 6. The zero-order valence-corrected chi connectivity index (χ0v) is 16.2. The van der Waals surface area contributed by atoms with Crippen molar-refractivity contribution in [2.75, 3.05) is 20.1 Å². The van der Waals surface area contributed by atoms with Crippen molar-refractivity contribution in [1.29, 1.82) is 0 Å². The summed E-state index contributed by atoms with van der Waals surface area (Å²) < 4.78 is 0. The van der Waals surface area contributed by atoms with E-state index < -0.39 is 0 Å². The highest BCUT2D eigenvalue weighted by Crippen LogP contribution is 2.10. The molecular formula is C20H31N3O3. The van der Waals surface area contributed by atoms with E-state index in [0.717, 1.165) is 5.56 Å². The van der Waals surface area contributed by atoms with Gasteiger partial charge in [0, 0.05) is 19.6 Å². The number of aliphatic hydroxyl groups is 1. The number of benzene rings is 1. The molecule has 0 spiro atoms. The normalized spacial score (nSPS) is 17.0. The molecule has 1 heterocycles. The first-order valence-electron chi connectivity index (χ1n) is 8.92. The Hall–Kier alpha value is -2.18. The number of amides is 2. The van der Waals surface area contributed by atoms with E-state index in [0.29, 0.717) is 32.5 Å². The van der Waals surface area contributed by atoms with Crippen molar-refractivity contribution in [1.82, 2.24) is 15.5 Å². The van der Waals surface area contributed by atoms with Gasteiger partial charge in [0.15, 0.2) is 0 Å². The Bertz CT molecular complexity index is 595. The zero-order chi connectivity index (χ0) is 19.5. The Kier molecular flexibility index (Phi) is 9.62. The first kappa shape index (κ1) is 21.9. The van der Waals surface area contributed by atoms with Gasteiger partial charge in [-0.05, 0) is 45.4 Å². The Labute approximate surface area is 156 Å². The van der Waals surface area contributed by atoms with Crippen LogP contribution in [0.4, 0.5) is 0 Å². The number of hydrogen-bond acceptors (Lipinski definition) is 4. The van der Waals surface area contributed by atoms with Crippen molar-refractivity contribution in [3.05, 3.63) is 41.0 Å². The van der Waals surface area contributed by atoms with Gasteiger partial charge in [0.05, 0.1) is 12.1 Å². The highest BCUT2D eigenvalue weighted by molar-refractivity contribution is 5.81. The van der Waals surface area contributed by atoms with E-state index in [1.165, 1.54) is 11.1 Å². The number of aliphatic hydroxyl groups excluding tert-OH is 1. The Morgan fingerprint density at radius 1 is 1.35 bits per heavy atom. The first-order valence-corrected chi connectivity index (χ1v) is 8.92. The summed E-state index contributed by atoms with van der Waals surface area (Å²) in [5.41, 5.74) is 3.59. The van der Waals surface area contributed by atoms with Crippen LogP contribution in [0, 0.1) is 0 Å². The fourth-order valence-corrected chi connectivity index (χ4v) is 2.56. The lowest BCUT2D eigenvalue weighted by Gasteiger charge is -2.19. The number of allylic oxidation sites excluding steroid dienone is 1. The van der Waals surface area contributed by atoms with E-state index in [1.54, 1.807) is 11.9 Å². The fourth-order valence-electron chi connectivity index (χ4n) is 2.56. The van der Waals surface area contributed by atoms with Gasteiger partial charge < -0.3 is 20.6 Å².